The minimum absolute atomic E-state index is 0.0598. The molecule has 0 bridgehead atoms. The number of nitrogens with one attached hydrogen (secondary N) is 1. The Kier molecular flexibility index (Phi) is 5.08. The van der Waals surface area contributed by atoms with Crippen molar-refractivity contribution in [2.75, 3.05) is 0 Å². The van der Waals surface area contributed by atoms with Gasteiger partial charge in [0.25, 0.3) is 5.91 Å². The fourth-order valence-electron chi connectivity index (χ4n) is 2.75. The van der Waals surface area contributed by atoms with Crippen molar-refractivity contribution in [1.29, 1.82) is 0 Å². The molecule has 4 nitrogen and oxygen atoms in total. The van der Waals surface area contributed by atoms with E-state index in [4.69, 9.17) is 0 Å². The van der Waals surface area contributed by atoms with Gasteiger partial charge in [-0.2, -0.15) is 0 Å². The zero-order valence-electron chi connectivity index (χ0n) is 13.8. The summed E-state index contributed by atoms with van der Waals surface area (Å²) < 4.78 is 13.2. The zero-order chi connectivity index (χ0) is 18.5. The predicted molar refractivity (Wildman–Crippen MR) is 96.4 cm³/mol. The molecule has 0 saturated heterocycles. The molecule has 5 heteroatoms. The van der Waals surface area contributed by atoms with Gasteiger partial charge in [-0.3, -0.25) is 4.79 Å². The van der Waals surface area contributed by atoms with E-state index in [2.05, 4.69) is 5.32 Å². The van der Waals surface area contributed by atoms with Crippen molar-refractivity contribution < 1.29 is 19.1 Å². The number of halogens is 1. The van der Waals surface area contributed by atoms with Crippen LogP contribution >= 0.6 is 0 Å². The van der Waals surface area contributed by atoms with E-state index < -0.39 is 17.7 Å². The SMILES string of the molecule is O=C(NCc1cccc(F)c1)c1cccc(-c2ccccc2)c1C(=O)O. The summed E-state index contributed by atoms with van der Waals surface area (Å²) in [7, 11) is 0. The lowest BCUT2D eigenvalue weighted by Crippen LogP contribution is -2.25. The maximum Gasteiger partial charge on any atom is 0.337 e. The smallest absolute Gasteiger partial charge is 0.337 e. The number of benzene rings is 3. The van der Waals surface area contributed by atoms with Gasteiger partial charge < -0.3 is 10.4 Å². The third-order valence-electron chi connectivity index (χ3n) is 3.95. The number of carboxylic acid groups (broad SMARTS) is 1. The fourth-order valence-corrected chi connectivity index (χ4v) is 2.75. The first-order valence-corrected chi connectivity index (χ1v) is 8.00. The molecule has 0 saturated carbocycles. The van der Waals surface area contributed by atoms with E-state index in [9.17, 15) is 19.1 Å². The molecule has 1 amide bonds. The van der Waals surface area contributed by atoms with Crippen LogP contribution in [0.1, 0.15) is 26.3 Å². The molecule has 0 spiro atoms. The van der Waals surface area contributed by atoms with Gasteiger partial charge in [0.15, 0.2) is 0 Å². The van der Waals surface area contributed by atoms with E-state index in [1.54, 1.807) is 48.5 Å². The number of carbonyl (C=O) groups is 2. The maximum atomic E-state index is 13.2. The zero-order valence-corrected chi connectivity index (χ0v) is 13.8. The highest BCUT2D eigenvalue weighted by Gasteiger charge is 2.21. The van der Waals surface area contributed by atoms with Crippen LogP contribution in [0.4, 0.5) is 4.39 Å². The highest BCUT2D eigenvalue weighted by atomic mass is 19.1. The molecule has 2 N–H and O–H groups in total. The predicted octanol–water partition coefficient (Wildman–Crippen LogP) is 4.12. The van der Waals surface area contributed by atoms with Crippen molar-refractivity contribution in [3.8, 4) is 11.1 Å². The summed E-state index contributed by atoms with van der Waals surface area (Å²) in [5.41, 5.74) is 1.78. The summed E-state index contributed by atoms with van der Waals surface area (Å²) in [5, 5.41) is 12.3. The van der Waals surface area contributed by atoms with E-state index in [1.165, 1.54) is 18.2 Å². The van der Waals surface area contributed by atoms with Crippen molar-refractivity contribution in [2.45, 2.75) is 6.54 Å². The number of rotatable bonds is 5. The highest BCUT2D eigenvalue weighted by molar-refractivity contribution is 6.08. The summed E-state index contributed by atoms with van der Waals surface area (Å²) in [4.78, 5) is 24.4. The van der Waals surface area contributed by atoms with Crippen molar-refractivity contribution >= 4 is 11.9 Å². The van der Waals surface area contributed by atoms with E-state index in [-0.39, 0.29) is 17.7 Å². The largest absolute Gasteiger partial charge is 0.478 e. The molecule has 0 fully saturated rings. The van der Waals surface area contributed by atoms with Crippen LogP contribution in [-0.2, 0) is 6.54 Å². The second-order valence-corrected chi connectivity index (χ2v) is 5.71. The number of carbonyl (C=O) groups excluding carboxylic acids is 1. The van der Waals surface area contributed by atoms with Crippen molar-refractivity contribution in [3.05, 3.63) is 95.3 Å². The molecule has 0 aliphatic heterocycles. The van der Waals surface area contributed by atoms with Gasteiger partial charge in [0.2, 0.25) is 0 Å². The third kappa shape index (κ3) is 3.78. The van der Waals surface area contributed by atoms with E-state index in [0.717, 1.165) is 0 Å². The molecular weight excluding hydrogens is 333 g/mol. The molecule has 0 unspecified atom stereocenters. The fraction of sp³-hybridized carbons (Fsp3) is 0.0476. The number of hydrogen-bond donors (Lipinski definition) is 2. The number of hydrogen-bond acceptors (Lipinski definition) is 2. The lowest BCUT2D eigenvalue weighted by atomic mass is 9.95. The van der Waals surface area contributed by atoms with Crippen molar-refractivity contribution in [2.24, 2.45) is 0 Å². The lowest BCUT2D eigenvalue weighted by molar-refractivity contribution is 0.0692. The first kappa shape index (κ1) is 17.4. The van der Waals surface area contributed by atoms with Gasteiger partial charge >= 0.3 is 5.97 Å². The molecule has 3 aromatic carbocycles. The van der Waals surface area contributed by atoms with Gasteiger partial charge in [-0.05, 0) is 34.9 Å². The van der Waals surface area contributed by atoms with E-state index in [1.807, 2.05) is 6.07 Å². The van der Waals surface area contributed by atoms with Gasteiger partial charge in [-0.15, -0.1) is 0 Å². The summed E-state index contributed by atoms with van der Waals surface area (Å²) >= 11 is 0. The van der Waals surface area contributed by atoms with Gasteiger partial charge in [0.1, 0.15) is 5.82 Å². The van der Waals surface area contributed by atoms with E-state index >= 15 is 0 Å². The first-order chi connectivity index (χ1) is 12.6. The Hall–Kier alpha value is -3.47. The summed E-state index contributed by atoms with van der Waals surface area (Å²) in [5.74, 6) is -2.10. The van der Waals surface area contributed by atoms with Gasteiger partial charge in [0, 0.05) is 6.54 Å². The molecule has 26 heavy (non-hydrogen) atoms. The molecule has 0 aromatic heterocycles. The quantitative estimate of drug-likeness (QED) is 0.728. The Labute approximate surface area is 149 Å². The van der Waals surface area contributed by atoms with Crippen LogP contribution in [0.5, 0.6) is 0 Å². The Morgan fingerprint density at radius 2 is 1.65 bits per heavy atom. The average Bonchev–Trinajstić information content (AvgIpc) is 2.66. The normalized spacial score (nSPS) is 10.3. The molecule has 0 heterocycles. The van der Waals surface area contributed by atoms with Crippen LogP contribution in [0.2, 0.25) is 0 Å². The van der Waals surface area contributed by atoms with Crippen LogP contribution < -0.4 is 5.32 Å². The maximum absolute atomic E-state index is 13.2. The van der Waals surface area contributed by atoms with Gasteiger partial charge in [-0.1, -0.05) is 54.6 Å². The summed E-state index contributed by atoms with van der Waals surface area (Å²) in [6.07, 6.45) is 0. The Morgan fingerprint density at radius 3 is 2.35 bits per heavy atom. The monoisotopic (exact) mass is 349 g/mol. The standard InChI is InChI=1S/C21H16FNO3/c22-16-9-4-6-14(12-16)13-23-20(24)18-11-5-10-17(19(18)21(25)26)15-7-2-1-3-8-15/h1-12H,13H2,(H,23,24)(H,25,26). The molecular formula is C21H16FNO3. The molecule has 0 aliphatic carbocycles. The van der Waals surface area contributed by atoms with E-state index in [0.29, 0.717) is 16.7 Å². The Morgan fingerprint density at radius 1 is 0.923 bits per heavy atom. The average molecular weight is 349 g/mol. The summed E-state index contributed by atoms with van der Waals surface area (Å²) in [6.45, 7) is 0.102. The molecule has 0 aliphatic rings. The second-order valence-electron chi connectivity index (χ2n) is 5.71. The first-order valence-electron chi connectivity index (χ1n) is 8.00. The van der Waals surface area contributed by atoms with Crippen LogP contribution in [-0.4, -0.2) is 17.0 Å². The van der Waals surface area contributed by atoms with Crippen LogP contribution in [0, 0.1) is 5.82 Å². The van der Waals surface area contributed by atoms with Gasteiger partial charge in [-0.25, -0.2) is 9.18 Å². The van der Waals surface area contributed by atoms with Crippen molar-refractivity contribution in [3.63, 3.8) is 0 Å². The topological polar surface area (TPSA) is 66.4 Å². The lowest BCUT2D eigenvalue weighted by Gasteiger charge is -2.12. The third-order valence-corrected chi connectivity index (χ3v) is 3.95. The number of carboxylic acids is 1. The Balaban J connectivity index is 1.92. The van der Waals surface area contributed by atoms with Crippen LogP contribution in [0.3, 0.4) is 0 Å². The van der Waals surface area contributed by atoms with Gasteiger partial charge in [0.05, 0.1) is 11.1 Å². The molecule has 3 rings (SSSR count). The summed E-state index contributed by atoms with van der Waals surface area (Å²) in [6, 6.07) is 19.7. The Bertz CT molecular complexity index is 954. The number of amides is 1. The number of aromatic carboxylic acids is 1. The van der Waals surface area contributed by atoms with Crippen LogP contribution in [0.15, 0.2) is 72.8 Å². The minimum atomic E-state index is -1.18. The molecule has 130 valence electrons. The second kappa shape index (κ2) is 7.61. The highest BCUT2D eigenvalue weighted by Crippen LogP contribution is 2.26. The van der Waals surface area contributed by atoms with Crippen molar-refractivity contribution in [1.82, 2.24) is 5.32 Å². The van der Waals surface area contributed by atoms with Crippen LogP contribution in [0.25, 0.3) is 11.1 Å². The molecule has 3 aromatic rings. The molecule has 0 atom stereocenters. The molecule has 0 radical (unpaired) electrons. The minimum Gasteiger partial charge on any atom is -0.478 e.